The third kappa shape index (κ3) is 3.99. The number of hydrogen-bond donors (Lipinski definition) is 0. The summed E-state index contributed by atoms with van der Waals surface area (Å²) in [6.45, 7) is 8.24. The highest BCUT2D eigenvalue weighted by Gasteiger charge is 2.37. The molecule has 2 aliphatic heterocycles. The normalized spacial score (nSPS) is 25.6. The summed E-state index contributed by atoms with van der Waals surface area (Å²) >= 11 is 0. The second kappa shape index (κ2) is 8.99. The predicted octanol–water partition coefficient (Wildman–Crippen LogP) is 2.73. The molecule has 1 saturated carbocycles. The molecular weight excluding hydrogens is 418 g/mol. The largest absolute Gasteiger partial charge is 0.385 e. The molecule has 8 nitrogen and oxygen atoms in total. The van der Waals surface area contributed by atoms with Gasteiger partial charge in [0.05, 0.1) is 35.1 Å². The number of carbonyl (C=O) groups is 2. The first-order chi connectivity index (χ1) is 16.0. The maximum Gasteiger partial charge on any atom is 0.281 e. The molecule has 1 saturated heterocycles. The molecule has 1 aromatic rings. The molecule has 8 heteroatoms. The number of fused-ring (bicyclic) bond motifs is 3. The van der Waals surface area contributed by atoms with Gasteiger partial charge in [0, 0.05) is 51.5 Å². The second-order valence-electron chi connectivity index (χ2n) is 9.70. The van der Waals surface area contributed by atoms with Crippen molar-refractivity contribution in [3.05, 3.63) is 35.2 Å². The Labute approximate surface area is 195 Å². The number of amides is 2. The van der Waals surface area contributed by atoms with Crippen molar-refractivity contribution in [2.24, 2.45) is 10.9 Å². The van der Waals surface area contributed by atoms with Gasteiger partial charge in [-0.05, 0) is 45.6 Å². The summed E-state index contributed by atoms with van der Waals surface area (Å²) in [5.74, 6) is -0.446. The molecule has 5 rings (SSSR count). The van der Waals surface area contributed by atoms with E-state index >= 15 is 0 Å². The predicted molar refractivity (Wildman–Crippen MR) is 126 cm³/mol. The standard InChI is InChI=1S/C25H33N5O3/c1-16-12-22-20(23-21(24(31)27-22)14-26-30(23)18-6-4-7-18)13-19(16)25(32)29-10-9-28(17(2)15-29)8-5-11-33-3/h12-14,17-19H,4-11,15H2,1-3H3/t17-,19?/m0/s1. The zero-order chi connectivity index (χ0) is 23.1. The minimum Gasteiger partial charge on any atom is -0.385 e. The average Bonchev–Trinajstić information content (AvgIpc) is 3.18. The maximum atomic E-state index is 13.6. The number of hydrogen-bond acceptors (Lipinski definition) is 5. The number of carbonyl (C=O) groups excluding carboxylic acids is 2. The molecule has 0 bridgehead atoms. The highest BCUT2D eigenvalue weighted by molar-refractivity contribution is 6.36. The fourth-order valence-corrected chi connectivity index (χ4v) is 5.33. The Bertz CT molecular complexity index is 1050. The number of aliphatic imine (C=N–C) groups is 1. The third-order valence-electron chi connectivity index (χ3n) is 7.52. The van der Waals surface area contributed by atoms with E-state index in [-0.39, 0.29) is 17.7 Å². The van der Waals surface area contributed by atoms with E-state index in [1.165, 1.54) is 6.42 Å². The SMILES string of the molecule is COCCCN1CCN(C(=O)C2C=C3C(=NC(=O)c4cnn(C5CCC5)c43)C=C2C)C[C@@H]1C. The highest BCUT2D eigenvalue weighted by Crippen LogP contribution is 2.39. The zero-order valence-corrected chi connectivity index (χ0v) is 19.8. The second-order valence-corrected chi connectivity index (χ2v) is 9.70. The van der Waals surface area contributed by atoms with Gasteiger partial charge in [0.2, 0.25) is 5.91 Å². The number of methoxy groups -OCH3 is 1. The van der Waals surface area contributed by atoms with E-state index in [1.54, 1.807) is 13.3 Å². The summed E-state index contributed by atoms with van der Waals surface area (Å²) in [4.78, 5) is 35.0. The molecule has 2 fully saturated rings. The molecule has 1 unspecified atom stereocenters. The van der Waals surface area contributed by atoms with E-state index in [1.807, 2.05) is 28.7 Å². The van der Waals surface area contributed by atoms with E-state index in [0.29, 0.717) is 23.4 Å². The van der Waals surface area contributed by atoms with Crippen LogP contribution in [0.2, 0.25) is 0 Å². The Morgan fingerprint density at radius 1 is 1.27 bits per heavy atom. The summed E-state index contributed by atoms with van der Waals surface area (Å²) < 4.78 is 7.18. The number of aromatic nitrogens is 2. The van der Waals surface area contributed by atoms with E-state index < -0.39 is 0 Å². The molecule has 4 aliphatic rings. The van der Waals surface area contributed by atoms with Gasteiger partial charge in [-0.15, -0.1) is 0 Å². The van der Waals surface area contributed by atoms with Gasteiger partial charge in [-0.2, -0.15) is 5.10 Å². The van der Waals surface area contributed by atoms with Crippen LogP contribution >= 0.6 is 0 Å². The molecule has 0 aromatic carbocycles. The van der Waals surface area contributed by atoms with Crippen molar-refractivity contribution in [2.75, 3.05) is 39.9 Å². The number of ether oxygens (including phenoxy) is 1. The van der Waals surface area contributed by atoms with Gasteiger partial charge >= 0.3 is 0 Å². The quantitative estimate of drug-likeness (QED) is 0.622. The Morgan fingerprint density at radius 2 is 2.09 bits per heavy atom. The Morgan fingerprint density at radius 3 is 2.79 bits per heavy atom. The van der Waals surface area contributed by atoms with Crippen LogP contribution in [0.15, 0.2) is 28.9 Å². The van der Waals surface area contributed by atoms with Gasteiger partial charge in [-0.3, -0.25) is 19.2 Å². The van der Waals surface area contributed by atoms with Crippen LogP contribution in [0.1, 0.15) is 61.6 Å². The number of rotatable bonds is 6. The van der Waals surface area contributed by atoms with Crippen LogP contribution in [0.3, 0.4) is 0 Å². The smallest absolute Gasteiger partial charge is 0.281 e. The molecule has 2 atom stereocenters. The van der Waals surface area contributed by atoms with Crippen molar-refractivity contribution in [2.45, 2.75) is 51.6 Å². The minimum atomic E-state index is -0.336. The third-order valence-corrected chi connectivity index (χ3v) is 7.52. The first kappa shape index (κ1) is 22.2. The van der Waals surface area contributed by atoms with E-state index in [0.717, 1.165) is 68.9 Å². The zero-order valence-electron chi connectivity index (χ0n) is 19.8. The van der Waals surface area contributed by atoms with E-state index in [9.17, 15) is 9.59 Å². The summed E-state index contributed by atoms with van der Waals surface area (Å²) in [5, 5.41) is 4.54. The fraction of sp³-hybridized carbons (Fsp3) is 0.600. The fourth-order valence-electron chi connectivity index (χ4n) is 5.33. The lowest BCUT2D eigenvalue weighted by Gasteiger charge is -2.41. The molecule has 2 amide bonds. The lowest BCUT2D eigenvalue weighted by atomic mass is 9.84. The van der Waals surface area contributed by atoms with Crippen molar-refractivity contribution in [3.8, 4) is 0 Å². The molecule has 33 heavy (non-hydrogen) atoms. The van der Waals surface area contributed by atoms with Crippen LogP contribution in [-0.4, -0.2) is 83.0 Å². The molecule has 176 valence electrons. The number of nitrogens with zero attached hydrogens (tertiary/aromatic N) is 5. The monoisotopic (exact) mass is 451 g/mol. The summed E-state index contributed by atoms with van der Waals surface area (Å²) in [6, 6.07) is 0.645. The van der Waals surface area contributed by atoms with Crippen LogP contribution in [-0.2, 0) is 9.53 Å². The Balaban J connectivity index is 1.37. The molecule has 0 radical (unpaired) electrons. The first-order valence-corrected chi connectivity index (χ1v) is 12.1. The summed E-state index contributed by atoms with van der Waals surface area (Å²) in [5.41, 5.74) is 3.86. The molecule has 0 N–H and O–H groups in total. The lowest BCUT2D eigenvalue weighted by molar-refractivity contribution is -0.135. The number of piperazine rings is 1. The van der Waals surface area contributed by atoms with Crippen molar-refractivity contribution >= 4 is 23.1 Å². The van der Waals surface area contributed by atoms with Crippen LogP contribution in [0.25, 0.3) is 5.57 Å². The van der Waals surface area contributed by atoms with Gasteiger partial charge in [-0.1, -0.05) is 11.6 Å². The molecule has 3 heterocycles. The maximum absolute atomic E-state index is 13.6. The molecule has 1 aromatic heterocycles. The first-order valence-electron chi connectivity index (χ1n) is 12.1. The Kier molecular flexibility index (Phi) is 6.05. The Hall–Kier alpha value is -2.58. The summed E-state index contributed by atoms with van der Waals surface area (Å²) in [7, 11) is 1.73. The van der Waals surface area contributed by atoms with Crippen LogP contribution < -0.4 is 0 Å². The summed E-state index contributed by atoms with van der Waals surface area (Å²) in [6.07, 6.45) is 9.92. The molecule has 2 aliphatic carbocycles. The molecular formula is C25H33N5O3. The van der Waals surface area contributed by atoms with Crippen LogP contribution in [0.5, 0.6) is 0 Å². The van der Waals surface area contributed by atoms with Gasteiger partial charge in [0.1, 0.15) is 0 Å². The van der Waals surface area contributed by atoms with Crippen molar-refractivity contribution in [3.63, 3.8) is 0 Å². The van der Waals surface area contributed by atoms with Gasteiger partial charge < -0.3 is 9.64 Å². The van der Waals surface area contributed by atoms with E-state index in [4.69, 9.17) is 4.74 Å². The van der Waals surface area contributed by atoms with Gasteiger partial charge in [-0.25, -0.2) is 4.99 Å². The van der Waals surface area contributed by atoms with Crippen LogP contribution in [0.4, 0.5) is 0 Å². The van der Waals surface area contributed by atoms with E-state index in [2.05, 4.69) is 21.9 Å². The minimum absolute atomic E-state index is 0.131. The van der Waals surface area contributed by atoms with Crippen LogP contribution in [0, 0.1) is 5.92 Å². The van der Waals surface area contributed by atoms with Gasteiger partial charge in [0.15, 0.2) is 0 Å². The molecule has 0 spiro atoms. The van der Waals surface area contributed by atoms with Gasteiger partial charge in [0.25, 0.3) is 5.91 Å². The lowest BCUT2D eigenvalue weighted by Crippen LogP contribution is -2.55. The topological polar surface area (TPSA) is 80.0 Å². The number of allylic oxidation sites excluding steroid dienone is 2. The van der Waals surface area contributed by atoms with Crippen molar-refractivity contribution < 1.29 is 14.3 Å². The van der Waals surface area contributed by atoms with Crippen molar-refractivity contribution in [1.29, 1.82) is 0 Å². The average molecular weight is 452 g/mol. The van der Waals surface area contributed by atoms with Crippen molar-refractivity contribution in [1.82, 2.24) is 19.6 Å². The highest BCUT2D eigenvalue weighted by atomic mass is 16.5.